The summed E-state index contributed by atoms with van der Waals surface area (Å²) in [6, 6.07) is 6.58. The number of halogens is 3. The molecule has 1 amide bonds. The van der Waals surface area contributed by atoms with Crippen LogP contribution in [0.5, 0.6) is 0 Å². The van der Waals surface area contributed by atoms with Crippen LogP contribution in [-0.2, 0) is 10.0 Å². The van der Waals surface area contributed by atoms with E-state index in [9.17, 15) is 27.1 Å². The standard InChI is InChI=1S/C19H19ClF2N2O4S/c1-11-10-24(7-6-17(11)25)29(27,28)18-8-12(2-4-16(18)22)19(26)23-13-3-5-15(21)14(20)9-13/h2-5,8-9,11,17,25H,6-7,10H2,1H3,(H,23,26). The third-order valence-electron chi connectivity index (χ3n) is 4.81. The summed E-state index contributed by atoms with van der Waals surface area (Å²) in [5, 5.41) is 12.1. The molecule has 1 aliphatic rings. The van der Waals surface area contributed by atoms with Crippen LogP contribution in [0.25, 0.3) is 0 Å². The molecular formula is C19H19ClF2N2O4S. The van der Waals surface area contributed by atoms with Crippen LogP contribution < -0.4 is 5.32 Å². The molecule has 0 aromatic heterocycles. The van der Waals surface area contributed by atoms with Crippen LogP contribution in [0.4, 0.5) is 14.5 Å². The number of aliphatic hydroxyl groups excluding tert-OH is 1. The molecule has 1 aliphatic heterocycles. The molecule has 0 spiro atoms. The maximum atomic E-state index is 14.3. The number of nitrogens with one attached hydrogen (secondary N) is 1. The molecule has 10 heteroatoms. The van der Waals surface area contributed by atoms with Gasteiger partial charge in [-0.05, 0) is 48.7 Å². The Morgan fingerprint density at radius 3 is 2.55 bits per heavy atom. The quantitative estimate of drug-likeness (QED) is 0.757. The molecule has 2 unspecified atom stereocenters. The van der Waals surface area contributed by atoms with E-state index < -0.39 is 38.6 Å². The van der Waals surface area contributed by atoms with Crippen LogP contribution in [0.1, 0.15) is 23.7 Å². The predicted octanol–water partition coefficient (Wildman–Crippen LogP) is 3.26. The van der Waals surface area contributed by atoms with Crippen LogP contribution >= 0.6 is 11.6 Å². The Labute approximate surface area is 172 Å². The fraction of sp³-hybridized carbons (Fsp3) is 0.316. The van der Waals surface area contributed by atoms with Crippen molar-refractivity contribution in [3.63, 3.8) is 0 Å². The summed E-state index contributed by atoms with van der Waals surface area (Å²) >= 11 is 5.68. The van der Waals surface area contributed by atoms with E-state index in [-0.39, 0.29) is 41.7 Å². The van der Waals surface area contributed by atoms with E-state index in [0.29, 0.717) is 0 Å². The minimum absolute atomic E-state index is 0.0491. The summed E-state index contributed by atoms with van der Waals surface area (Å²) in [7, 11) is -4.19. The zero-order valence-corrected chi connectivity index (χ0v) is 17.0. The van der Waals surface area contributed by atoms with Crippen LogP contribution in [0, 0.1) is 17.6 Å². The van der Waals surface area contributed by atoms with Gasteiger partial charge in [0.2, 0.25) is 10.0 Å². The zero-order chi connectivity index (χ0) is 21.3. The number of rotatable bonds is 4. The first-order valence-corrected chi connectivity index (χ1v) is 10.7. The molecule has 2 atom stereocenters. The molecule has 2 aromatic carbocycles. The third-order valence-corrected chi connectivity index (χ3v) is 6.98. The molecule has 2 N–H and O–H groups in total. The summed E-state index contributed by atoms with van der Waals surface area (Å²) in [6.45, 7) is 1.81. The Bertz CT molecular complexity index is 1050. The van der Waals surface area contributed by atoms with Crippen molar-refractivity contribution in [2.45, 2.75) is 24.3 Å². The van der Waals surface area contributed by atoms with Crippen molar-refractivity contribution in [1.82, 2.24) is 4.31 Å². The number of piperidine rings is 1. The number of benzene rings is 2. The molecule has 156 valence electrons. The Morgan fingerprint density at radius 2 is 1.90 bits per heavy atom. The molecule has 1 saturated heterocycles. The number of aliphatic hydroxyl groups is 1. The summed E-state index contributed by atoms with van der Waals surface area (Å²) in [5.74, 6) is -2.63. The molecular weight excluding hydrogens is 426 g/mol. The molecule has 0 aliphatic carbocycles. The van der Waals surface area contributed by atoms with Gasteiger partial charge >= 0.3 is 0 Å². The predicted molar refractivity (Wildman–Crippen MR) is 104 cm³/mol. The van der Waals surface area contributed by atoms with E-state index in [1.165, 1.54) is 12.1 Å². The highest BCUT2D eigenvalue weighted by molar-refractivity contribution is 7.89. The maximum Gasteiger partial charge on any atom is 0.255 e. The number of nitrogens with zero attached hydrogens (tertiary/aromatic N) is 1. The van der Waals surface area contributed by atoms with Crippen molar-refractivity contribution >= 4 is 33.2 Å². The van der Waals surface area contributed by atoms with E-state index in [2.05, 4.69) is 5.32 Å². The summed E-state index contributed by atoms with van der Waals surface area (Å²) in [6.07, 6.45) is -0.376. The van der Waals surface area contributed by atoms with E-state index in [1.807, 2.05) is 0 Å². The summed E-state index contributed by atoms with van der Waals surface area (Å²) in [4.78, 5) is 11.8. The van der Waals surface area contributed by atoms with Gasteiger partial charge in [-0.1, -0.05) is 18.5 Å². The highest BCUT2D eigenvalue weighted by atomic mass is 35.5. The van der Waals surface area contributed by atoms with Gasteiger partial charge in [0.1, 0.15) is 16.5 Å². The summed E-state index contributed by atoms with van der Waals surface area (Å²) in [5.41, 5.74) is 0.115. The summed E-state index contributed by atoms with van der Waals surface area (Å²) < 4.78 is 54.5. The lowest BCUT2D eigenvalue weighted by atomic mass is 9.99. The van der Waals surface area contributed by atoms with Crippen LogP contribution in [0.15, 0.2) is 41.3 Å². The van der Waals surface area contributed by atoms with Gasteiger partial charge in [0, 0.05) is 24.3 Å². The first-order valence-electron chi connectivity index (χ1n) is 8.84. The highest BCUT2D eigenvalue weighted by Gasteiger charge is 2.34. The average Bonchev–Trinajstić information content (AvgIpc) is 2.67. The molecule has 29 heavy (non-hydrogen) atoms. The van der Waals surface area contributed by atoms with Gasteiger partial charge in [0.05, 0.1) is 11.1 Å². The van der Waals surface area contributed by atoms with Crippen molar-refractivity contribution in [2.75, 3.05) is 18.4 Å². The monoisotopic (exact) mass is 444 g/mol. The molecule has 3 rings (SSSR count). The van der Waals surface area contributed by atoms with Gasteiger partial charge in [-0.25, -0.2) is 17.2 Å². The first kappa shape index (κ1) is 21.6. The van der Waals surface area contributed by atoms with E-state index in [0.717, 1.165) is 28.6 Å². The smallest absolute Gasteiger partial charge is 0.255 e. The number of sulfonamides is 1. The minimum Gasteiger partial charge on any atom is -0.393 e. The van der Waals surface area contributed by atoms with E-state index >= 15 is 0 Å². The Hall–Kier alpha value is -2.07. The van der Waals surface area contributed by atoms with Crippen molar-refractivity contribution < 1.29 is 27.1 Å². The normalized spacial score (nSPS) is 20.4. The number of amides is 1. The fourth-order valence-electron chi connectivity index (χ4n) is 3.07. The molecule has 1 fully saturated rings. The second-order valence-corrected chi connectivity index (χ2v) is 9.24. The minimum atomic E-state index is -4.19. The van der Waals surface area contributed by atoms with Gasteiger partial charge in [-0.3, -0.25) is 4.79 Å². The zero-order valence-electron chi connectivity index (χ0n) is 15.4. The van der Waals surface area contributed by atoms with Crippen molar-refractivity contribution in [3.8, 4) is 0 Å². The van der Waals surface area contributed by atoms with Crippen LogP contribution in [-0.4, -0.2) is 42.9 Å². The number of carbonyl (C=O) groups is 1. The highest BCUT2D eigenvalue weighted by Crippen LogP contribution is 2.27. The first-order chi connectivity index (χ1) is 13.6. The van der Waals surface area contributed by atoms with Gasteiger partial charge < -0.3 is 10.4 Å². The second-order valence-electron chi connectivity index (χ2n) is 6.92. The van der Waals surface area contributed by atoms with Gasteiger partial charge in [-0.2, -0.15) is 4.31 Å². The molecule has 1 heterocycles. The molecule has 0 bridgehead atoms. The van der Waals surface area contributed by atoms with Crippen molar-refractivity contribution in [2.24, 2.45) is 5.92 Å². The Kier molecular flexibility index (Phi) is 6.23. The van der Waals surface area contributed by atoms with Gasteiger partial charge in [-0.15, -0.1) is 0 Å². The van der Waals surface area contributed by atoms with Crippen molar-refractivity contribution in [3.05, 3.63) is 58.6 Å². The average molecular weight is 445 g/mol. The topological polar surface area (TPSA) is 86.7 Å². The lowest BCUT2D eigenvalue weighted by molar-refractivity contribution is 0.0628. The number of hydrogen-bond donors (Lipinski definition) is 2. The molecule has 2 aromatic rings. The molecule has 0 saturated carbocycles. The number of anilines is 1. The molecule has 6 nitrogen and oxygen atoms in total. The third kappa shape index (κ3) is 4.58. The number of carbonyl (C=O) groups excluding carboxylic acids is 1. The Balaban J connectivity index is 1.87. The fourth-order valence-corrected chi connectivity index (χ4v) is 4.90. The van der Waals surface area contributed by atoms with Crippen LogP contribution in [0.2, 0.25) is 5.02 Å². The Morgan fingerprint density at radius 1 is 1.21 bits per heavy atom. The van der Waals surface area contributed by atoms with Gasteiger partial charge in [0.25, 0.3) is 5.91 Å². The lowest BCUT2D eigenvalue weighted by Gasteiger charge is -2.33. The number of hydrogen-bond acceptors (Lipinski definition) is 4. The van der Waals surface area contributed by atoms with Crippen molar-refractivity contribution in [1.29, 1.82) is 0 Å². The molecule has 0 radical (unpaired) electrons. The van der Waals surface area contributed by atoms with E-state index in [4.69, 9.17) is 11.6 Å². The second kappa shape index (κ2) is 8.35. The largest absolute Gasteiger partial charge is 0.393 e. The maximum absolute atomic E-state index is 14.3. The lowest BCUT2D eigenvalue weighted by Crippen LogP contribution is -2.45. The SMILES string of the molecule is CC1CN(S(=O)(=O)c2cc(C(=O)Nc3ccc(F)c(Cl)c3)ccc2F)CCC1O. The van der Waals surface area contributed by atoms with Gasteiger partial charge in [0.15, 0.2) is 0 Å². The van der Waals surface area contributed by atoms with E-state index in [1.54, 1.807) is 6.92 Å². The van der Waals surface area contributed by atoms with Crippen LogP contribution in [0.3, 0.4) is 0 Å².